The summed E-state index contributed by atoms with van der Waals surface area (Å²) in [4.78, 5) is 13.0. The number of hydrogen-bond donors (Lipinski definition) is 1. The molecule has 3 heterocycles. The molecule has 1 atom stereocenters. The van der Waals surface area contributed by atoms with Gasteiger partial charge in [-0.3, -0.25) is 13.8 Å². The minimum Gasteiger partial charge on any atom is -0.486 e. The van der Waals surface area contributed by atoms with Gasteiger partial charge in [0, 0.05) is 6.54 Å². The quantitative estimate of drug-likeness (QED) is 0.563. The van der Waals surface area contributed by atoms with Crippen LogP contribution in [0.1, 0.15) is 35.5 Å². The Morgan fingerprint density at radius 2 is 1.86 bits per heavy atom. The highest BCUT2D eigenvalue weighted by Crippen LogP contribution is 2.35. The molecule has 2 aliphatic rings. The molecule has 0 radical (unpaired) electrons. The highest BCUT2D eigenvalue weighted by Gasteiger charge is 2.35. The van der Waals surface area contributed by atoms with Crippen LogP contribution < -0.4 is 19.1 Å². The summed E-state index contributed by atoms with van der Waals surface area (Å²) in [6.07, 6.45) is 0.668. The average Bonchev–Trinajstić information content (AvgIpc) is 3.39. The van der Waals surface area contributed by atoms with E-state index in [1.807, 2.05) is 49.4 Å². The van der Waals surface area contributed by atoms with E-state index < -0.39 is 10.0 Å². The number of amides is 1. The molecule has 1 N–H and O–H groups in total. The number of benzene rings is 2. The van der Waals surface area contributed by atoms with Crippen LogP contribution in [0.15, 0.2) is 47.4 Å². The molecule has 0 fully saturated rings. The molecule has 5 rings (SSSR count). The first kappa shape index (κ1) is 23.2. The maximum Gasteiger partial charge on any atom is 0.268 e. The van der Waals surface area contributed by atoms with Crippen LogP contribution >= 0.6 is 0 Å². The molecule has 3 aromatic rings. The summed E-state index contributed by atoms with van der Waals surface area (Å²) < 4.78 is 41.2. The van der Waals surface area contributed by atoms with E-state index in [0.29, 0.717) is 54.8 Å². The van der Waals surface area contributed by atoms with E-state index in [9.17, 15) is 13.2 Å². The Labute approximate surface area is 204 Å². The van der Waals surface area contributed by atoms with Gasteiger partial charge in [-0.05, 0) is 56.5 Å². The molecule has 184 valence electrons. The normalized spacial score (nSPS) is 15.6. The first-order chi connectivity index (χ1) is 16.8. The second-order valence-corrected chi connectivity index (χ2v) is 10.6. The molecule has 0 bridgehead atoms. The van der Waals surface area contributed by atoms with Gasteiger partial charge < -0.3 is 14.8 Å². The van der Waals surface area contributed by atoms with Gasteiger partial charge >= 0.3 is 0 Å². The first-order valence-corrected chi connectivity index (χ1v) is 13.0. The van der Waals surface area contributed by atoms with Crippen molar-refractivity contribution < 1.29 is 22.7 Å². The summed E-state index contributed by atoms with van der Waals surface area (Å²) in [5.74, 6) is 1.08. The van der Waals surface area contributed by atoms with E-state index in [-0.39, 0.29) is 23.4 Å². The third-order valence-corrected chi connectivity index (χ3v) is 8.51. The number of hydrogen-bond acceptors (Lipinski definition) is 6. The number of carbonyl (C=O) groups is 1. The van der Waals surface area contributed by atoms with Crippen molar-refractivity contribution in [1.29, 1.82) is 0 Å². The zero-order chi connectivity index (χ0) is 24.7. The van der Waals surface area contributed by atoms with Crippen molar-refractivity contribution in [3.8, 4) is 11.5 Å². The number of sulfonamides is 1. The van der Waals surface area contributed by atoms with E-state index in [0.717, 1.165) is 11.1 Å². The predicted octanol–water partition coefficient (Wildman–Crippen LogP) is 2.90. The van der Waals surface area contributed by atoms with E-state index in [4.69, 9.17) is 9.47 Å². The predicted molar refractivity (Wildman–Crippen MR) is 130 cm³/mol. The molecule has 0 spiro atoms. The lowest BCUT2D eigenvalue weighted by Crippen LogP contribution is -2.31. The summed E-state index contributed by atoms with van der Waals surface area (Å²) in [6.45, 7) is 6.53. The van der Waals surface area contributed by atoms with Crippen LogP contribution in [0.5, 0.6) is 11.5 Å². The van der Waals surface area contributed by atoms with E-state index >= 15 is 0 Å². The standard InChI is InChI=1S/C25H28N4O5S/c1-16(20-8-9-22-23(14-20)34-13-12-33-22)26-24(30)15-28-18(3)25(17(2)27-28)35(31,32)29-11-10-19-6-4-5-7-21(19)29/h4-9,14,16H,10-13,15H2,1-3H3,(H,26,30). The Balaban J connectivity index is 1.33. The maximum absolute atomic E-state index is 13.6. The van der Waals surface area contributed by atoms with Crippen molar-refractivity contribution in [1.82, 2.24) is 15.1 Å². The van der Waals surface area contributed by atoms with Gasteiger partial charge in [-0.25, -0.2) is 8.42 Å². The van der Waals surface area contributed by atoms with Gasteiger partial charge in [0.1, 0.15) is 24.7 Å². The largest absolute Gasteiger partial charge is 0.486 e. The molecular weight excluding hydrogens is 468 g/mol. The van der Waals surface area contributed by atoms with Gasteiger partial charge in [0.25, 0.3) is 10.0 Å². The zero-order valence-electron chi connectivity index (χ0n) is 19.9. The number of nitrogens with zero attached hydrogens (tertiary/aromatic N) is 3. The van der Waals surface area contributed by atoms with Gasteiger partial charge in [-0.1, -0.05) is 24.3 Å². The summed E-state index contributed by atoms with van der Waals surface area (Å²) in [6, 6.07) is 12.8. The topological polar surface area (TPSA) is 103 Å². The summed E-state index contributed by atoms with van der Waals surface area (Å²) in [5, 5.41) is 7.35. The number of para-hydroxylation sites is 1. The third-order valence-electron chi connectivity index (χ3n) is 6.44. The molecule has 10 heteroatoms. The SMILES string of the molecule is Cc1nn(CC(=O)NC(C)c2ccc3c(c2)OCCO3)c(C)c1S(=O)(=O)N1CCc2ccccc21. The van der Waals surface area contributed by atoms with Gasteiger partial charge in [0.2, 0.25) is 5.91 Å². The Morgan fingerprint density at radius 3 is 2.66 bits per heavy atom. The monoisotopic (exact) mass is 496 g/mol. The van der Waals surface area contributed by atoms with Crippen molar-refractivity contribution in [2.75, 3.05) is 24.1 Å². The minimum absolute atomic E-state index is 0.0896. The molecule has 0 aliphatic carbocycles. The van der Waals surface area contributed by atoms with Crippen LogP contribution in [0, 0.1) is 13.8 Å². The van der Waals surface area contributed by atoms with Crippen molar-refractivity contribution in [2.24, 2.45) is 0 Å². The van der Waals surface area contributed by atoms with Crippen molar-refractivity contribution in [3.05, 3.63) is 65.0 Å². The van der Waals surface area contributed by atoms with Gasteiger partial charge in [0.15, 0.2) is 11.5 Å². The maximum atomic E-state index is 13.6. The fourth-order valence-corrected chi connectivity index (χ4v) is 6.59. The second kappa shape index (κ2) is 8.92. The summed E-state index contributed by atoms with van der Waals surface area (Å²) in [7, 11) is -3.81. The fraction of sp³-hybridized carbons (Fsp3) is 0.360. The fourth-order valence-electron chi connectivity index (χ4n) is 4.71. The van der Waals surface area contributed by atoms with E-state index in [1.54, 1.807) is 13.8 Å². The van der Waals surface area contributed by atoms with E-state index in [1.165, 1.54) is 8.99 Å². The number of nitrogens with one attached hydrogen (secondary N) is 1. The number of aryl methyl sites for hydroxylation is 1. The molecule has 0 saturated carbocycles. The van der Waals surface area contributed by atoms with Crippen LogP contribution in [0.4, 0.5) is 5.69 Å². The van der Waals surface area contributed by atoms with Crippen molar-refractivity contribution in [3.63, 3.8) is 0 Å². The lowest BCUT2D eigenvalue weighted by atomic mass is 10.1. The molecule has 1 aromatic heterocycles. The van der Waals surface area contributed by atoms with Crippen LogP contribution in [-0.4, -0.2) is 43.9 Å². The van der Waals surface area contributed by atoms with Gasteiger partial charge in [-0.2, -0.15) is 5.10 Å². The molecule has 2 aliphatic heterocycles. The average molecular weight is 497 g/mol. The second-order valence-electron chi connectivity index (χ2n) is 8.81. The van der Waals surface area contributed by atoms with Crippen molar-refractivity contribution in [2.45, 2.75) is 44.7 Å². The van der Waals surface area contributed by atoms with Crippen LogP contribution in [0.3, 0.4) is 0 Å². The third kappa shape index (κ3) is 4.22. The van der Waals surface area contributed by atoms with E-state index in [2.05, 4.69) is 10.4 Å². The zero-order valence-corrected chi connectivity index (χ0v) is 20.8. The molecule has 9 nitrogen and oxygen atoms in total. The smallest absolute Gasteiger partial charge is 0.268 e. The molecule has 0 saturated heterocycles. The lowest BCUT2D eigenvalue weighted by molar-refractivity contribution is -0.122. The Morgan fingerprint density at radius 1 is 1.11 bits per heavy atom. The highest BCUT2D eigenvalue weighted by molar-refractivity contribution is 7.93. The summed E-state index contributed by atoms with van der Waals surface area (Å²) >= 11 is 0. The Hall–Kier alpha value is -3.53. The minimum atomic E-state index is -3.81. The number of ether oxygens (including phenoxy) is 2. The summed E-state index contributed by atoms with van der Waals surface area (Å²) in [5.41, 5.74) is 3.40. The van der Waals surface area contributed by atoms with Crippen molar-refractivity contribution >= 4 is 21.6 Å². The lowest BCUT2D eigenvalue weighted by Gasteiger charge is -2.21. The molecular formula is C25H28N4O5S. The number of carbonyl (C=O) groups excluding carboxylic acids is 1. The number of fused-ring (bicyclic) bond motifs is 2. The first-order valence-electron chi connectivity index (χ1n) is 11.6. The van der Waals surface area contributed by atoms with Crippen LogP contribution in [0.2, 0.25) is 0 Å². The number of aromatic nitrogens is 2. The Kier molecular flexibility index (Phi) is 5.92. The molecule has 1 unspecified atom stereocenters. The van der Waals surface area contributed by atoms with Gasteiger partial charge in [0.05, 0.1) is 23.1 Å². The van der Waals surface area contributed by atoms with Crippen LogP contribution in [-0.2, 0) is 27.8 Å². The van der Waals surface area contributed by atoms with Gasteiger partial charge in [-0.15, -0.1) is 0 Å². The number of anilines is 1. The Bertz CT molecular complexity index is 1400. The molecule has 35 heavy (non-hydrogen) atoms. The molecule has 2 aromatic carbocycles. The molecule has 1 amide bonds. The van der Waals surface area contributed by atoms with Crippen LogP contribution in [0.25, 0.3) is 0 Å². The highest BCUT2D eigenvalue weighted by atomic mass is 32.2. The number of rotatable bonds is 6.